The third kappa shape index (κ3) is 4.92. The zero-order chi connectivity index (χ0) is 24.2. The number of nitrogens with two attached hydrogens (primary N) is 1. The van der Waals surface area contributed by atoms with Gasteiger partial charge in [-0.3, -0.25) is 9.36 Å². The Morgan fingerprint density at radius 3 is 2.41 bits per heavy atom. The number of nitrogens with zero attached hydrogens (tertiary/aromatic N) is 3. The molecule has 3 aromatic carbocycles. The number of nitrogen functional groups attached to an aromatic ring is 1. The number of aryl methyl sites for hydroxylation is 2. The van der Waals surface area contributed by atoms with Gasteiger partial charge in [0.2, 0.25) is 0 Å². The molecule has 0 bridgehead atoms. The van der Waals surface area contributed by atoms with Gasteiger partial charge in [-0.25, -0.2) is 9.37 Å². The Kier molecular flexibility index (Phi) is 6.89. The van der Waals surface area contributed by atoms with Crippen LogP contribution in [0.1, 0.15) is 16.8 Å². The van der Waals surface area contributed by atoms with E-state index in [-0.39, 0.29) is 11.2 Å². The predicted octanol–water partition coefficient (Wildman–Crippen LogP) is 4.91. The van der Waals surface area contributed by atoms with Gasteiger partial charge in [-0.2, -0.15) is 0 Å². The molecule has 0 radical (unpaired) electrons. The normalized spacial score (nSPS) is 11.2. The number of hydrogen-bond acceptors (Lipinski definition) is 4. The van der Waals surface area contributed by atoms with Crippen molar-refractivity contribution in [3.8, 4) is 22.5 Å². The molecule has 5 nitrogen and oxygen atoms in total. The van der Waals surface area contributed by atoms with Gasteiger partial charge < -0.3 is 10.6 Å². The maximum Gasteiger partial charge on any atom is 0.261 e. The number of para-hydroxylation sites is 1. The van der Waals surface area contributed by atoms with E-state index in [0.717, 1.165) is 23.2 Å². The quantitative estimate of drug-likeness (QED) is 0.401. The minimum Gasteiger partial charge on any atom is -0.396 e. The van der Waals surface area contributed by atoms with Crippen LogP contribution in [-0.4, -0.2) is 28.5 Å². The summed E-state index contributed by atoms with van der Waals surface area (Å²) >= 11 is 0. The van der Waals surface area contributed by atoms with E-state index in [1.54, 1.807) is 16.7 Å². The molecule has 4 aromatic rings. The second-order valence-electron chi connectivity index (χ2n) is 8.73. The Morgan fingerprint density at radius 1 is 0.971 bits per heavy atom. The molecule has 0 fully saturated rings. The van der Waals surface area contributed by atoms with E-state index in [0.29, 0.717) is 35.6 Å². The molecule has 0 aliphatic carbocycles. The first-order valence-electron chi connectivity index (χ1n) is 11.3. The molecular formula is C28H29FN4O. The average Bonchev–Trinajstić information content (AvgIpc) is 2.80. The Balaban J connectivity index is 1.88. The van der Waals surface area contributed by atoms with Crippen molar-refractivity contribution in [2.75, 3.05) is 19.8 Å². The molecule has 0 saturated heterocycles. The van der Waals surface area contributed by atoms with E-state index >= 15 is 0 Å². The first-order chi connectivity index (χ1) is 16.3. The topological polar surface area (TPSA) is 64.1 Å². The molecule has 4 rings (SSSR count). The number of halogens is 1. The lowest BCUT2D eigenvalue weighted by Crippen LogP contribution is -2.27. The average molecular weight is 457 g/mol. The van der Waals surface area contributed by atoms with Crippen molar-refractivity contribution in [2.24, 2.45) is 0 Å². The third-order valence-electron chi connectivity index (χ3n) is 5.83. The van der Waals surface area contributed by atoms with Gasteiger partial charge in [0.25, 0.3) is 5.56 Å². The van der Waals surface area contributed by atoms with Crippen molar-refractivity contribution in [2.45, 2.75) is 26.4 Å². The van der Waals surface area contributed by atoms with Crippen LogP contribution in [0.3, 0.4) is 0 Å². The minimum atomic E-state index is -0.528. The summed E-state index contributed by atoms with van der Waals surface area (Å²) in [5.74, 6) is -0.150. The van der Waals surface area contributed by atoms with Crippen molar-refractivity contribution in [1.82, 2.24) is 14.5 Å². The molecule has 174 valence electrons. The zero-order valence-corrected chi connectivity index (χ0v) is 19.8. The molecule has 2 N–H and O–H groups in total. The van der Waals surface area contributed by atoms with Crippen LogP contribution in [0, 0.1) is 12.7 Å². The lowest BCUT2D eigenvalue weighted by atomic mass is 10.0. The van der Waals surface area contributed by atoms with E-state index in [2.05, 4.69) is 4.90 Å². The maximum atomic E-state index is 14.3. The van der Waals surface area contributed by atoms with Crippen molar-refractivity contribution < 1.29 is 4.39 Å². The van der Waals surface area contributed by atoms with Crippen LogP contribution >= 0.6 is 0 Å². The van der Waals surface area contributed by atoms with Gasteiger partial charge >= 0.3 is 0 Å². The van der Waals surface area contributed by atoms with Crippen molar-refractivity contribution in [3.05, 3.63) is 106 Å². The summed E-state index contributed by atoms with van der Waals surface area (Å²) in [4.78, 5) is 20.8. The molecule has 0 aliphatic rings. The van der Waals surface area contributed by atoms with E-state index in [4.69, 9.17) is 10.7 Å². The summed E-state index contributed by atoms with van der Waals surface area (Å²) in [6.07, 6.45) is 0.633. The highest BCUT2D eigenvalue weighted by Gasteiger charge is 2.20. The van der Waals surface area contributed by atoms with Crippen molar-refractivity contribution in [1.29, 1.82) is 0 Å². The second-order valence-corrected chi connectivity index (χ2v) is 8.73. The number of aromatic nitrogens is 2. The van der Waals surface area contributed by atoms with Gasteiger partial charge in [-0.05, 0) is 62.3 Å². The van der Waals surface area contributed by atoms with Crippen LogP contribution in [0.4, 0.5) is 10.1 Å². The molecule has 0 aliphatic heterocycles. The van der Waals surface area contributed by atoms with Crippen LogP contribution < -0.4 is 11.3 Å². The standard InChI is InChI=1S/C28H29FN4O/c1-19-25(22-12-7-11-21(17-22)18-32(2)3)28(34)33(16-15-20-9-5-4-6-10-20)27(31-19)23-13-8-14-24(29)26(23)30/h4-14,17H,15-16,18,30H2,1-3H3. The summed E-state index contributed by atoms with van der Waals surface area (Å²) < 4.78 is 15.9. The Bertz CT molecular complexity index is 1360. The van der Waals surface area contributed by atoms with Crippen molar-refractivity contribution in [3.63, 3.8) is 0 Å². The summed E-state index contributed by atoms with van der Waals surface area (Å²) in [6.45, 7) is 2.97. The van der Waals surface area contributed by atoms with E-state index in [9.17, 15) is 9.18 Å². The number of hydrogen-bond donors (Lipinski definition) is 1. The number of rotatable bonds is 7. The number of benzene rings is 3. The highest BCUT2D eigenvalue weighted by molar-refractivity contribution is 5.74. The summed E-state index contributed by atoms with van der Waals surface area (Å²) in [7, 11) is 4.02. The van der Waals surface area contributed by atoms with Gasteiger partial charge in [0, 0.05) is 18.7 Å². The van der Waals surface area contributed by atoms with Crippen LogP contribution in [0.2, 0.25) is 0 Å². The fourth-order valence-electron chi connectivity index (χ4n) is 4.21. The lowest BCUT2D eigenvalue weighted by molar-refractivity contribution is 0.402. The summed E-state index contributed by atoms with van der Waals surface area (Å²) in [5, 5.41) is 0. The van der Waals surface area contributed by atoms with Gasteiger partial charge in [0.05, 0.1) is 16.9 Å². The largest absolute Gasteiger partial charge is 0.396 e. The highest BCUT2D eigenvalue weighted by Crippen LogP contribution is 2.29. The molecule has 0 spiro atoms. The van der Waals surface area contributed by atoms with Gasteiger partial charge in [-0.1, -0.05) is 54.6 Å². The van der Waals surface area contributed by atoms with Gasteiger partial charge in [0.15, 0.2) is 0 Å². The van der Waals surface area contributed by atoms with E-state index in [1.165, 1.54) is 6.07 Å². The highest BCUT2D eigenvalue weighted by atomic mass is 19.1. The molecule has 6 heteroatoms. The number of anilines is 1. The lowest BCUT2D eigenvalue weighted by Gasteiger charge is -2.18. The molecule has 0 atom stereocenters. The Morgan fingerprint density at radius 2 is 1.68 bits per heavy atom. The molecule has 1 heterocycles. The monoisotopic (exact) mass is 456 g/mol. The summed E-state index contributed by atoms with van der Waals surface area (Å²) in [6, 6.07) is 22.5. The maximum absolute atomic E-state index is 14.3. The van der Waals surface area contributed by atoms with Gasteiger partial charge in [-0.15, -0.1) is 0 Å². The first-order valence-corrected chi connectivity index (χ1v) is 11.3. The molecule has 1 aromatic heterocycles. The third-order valence-corrected chi connectivity index (χ3v) is 5.83. The van der Waals surface area contributed by atoms with Crippen LogP contribution in [-0.2, 0) is 19.5 Å². The molecule has 34 heavy (non-hydrogen) atoms. The van der Waals surface area contributed by atoms with Crippen molar-refractivity contribution >= 4 is 5.69 Å². The minimum absolute atomic E-state index is 0.0111. The Labute approximate surface area is 199 Å². The molecular weight excluding hydrogens is 427 g/mol. The fraction of sp³-hybridized carbons (Fsp3) is 0.214. The zero-order valence-electron chi connectivity index (χ0n) is 19.8. The summed E-state index contributed by atoms with van der Waals surface area (Å²) in [5.41, 5.74) is 10.5. The van der Waals surface area contributed by atoms with E-state index < -0.39 is 5.82 Å². The second kappa shape index (κ2) is 10.0. The van der Waals surface area contributed by atoms with Gasteiger partial charge in [0.1, 0.15) is 11.6 Å². The van der Waals surface area contributed by atoms with Crippen LogP contribution in [0.15, 0.2) is 77.6 Å². The fourth-order valence-corrected chi connectivity index (χ4v) is 4.21. The Hall–Kier alpha value is -3.77. The van der Waals surface area contributed by atoms with Crippen LogP contribution in [0.25, 0.3) is 22.5 Å². The predicted molar refractivity (Wildman–Crippen MR) is 136 cm³/mol. The molecule has 0 saturated carbocycles. The SMILES string of the molecule is Cc1nc(-c2cccc(F)c2N)n(CCc2ccccc2)c(=O)c1-c1cccc(CN(C)C)c1. The van der Waals surface area contributed by atoms with Crippen LogP contribution in [0.5, 0.6) is 0 Å². The first kappa shape index (κ1) is 23.4. The molecule has 0 amide bonds. The molecule has 0 unspecified atom stereocenters. The van der Waals surface area contributed by atoms with E-state index in [1.807, 2.05) is 75.6 Å². The smallest absolute Gasteiger partial charge is 0.261 e.